The van der Waals surface area contributed by atoms with Crippen LogP contribution >= 0.6 is 0 Å². The Hall–Kier alpha value is -2.50. The Morgan fingerprint density at radius 3 is 2.14 bits per heavy atom. The van der Waals surface area contributed by atoms with Gasteiger partial charge in [-0.1, -0.05) is 0 Å². The summed E-state index contributed by atoms with van der Waals surface area (Å²) in [6, 6.07) is 3.11. The number of halogens is 1. The quantitative estimate of drug-likeness (QED) is 0.759. The van der Waals surface area contributed by atoms with Gasteiger partial charge in [0.15, 0.2) is 0 Å². The summed E-state index contributed by atoms with van der Waals surface area (Å²) in [5.74, 6) is -3.54. The molecule has 5 nitrogen and oxygen atoms in total. The first-order chi connectivity index (χ1) is 10.0. The van der Waals surface area contributed by atoms with E-state index >= 15 is 0 Å². The fraction of sp³-hybridized carbons (Fsp3) is 0.267. The maximum absolute atomic E-state index is 13.7. The van der Waals surface area contributed by atoms with Gasteiger partial charge in [-0.05, 0) is 43.9 Å². The lowest BCUT2D eigenvalue weighted by Gasteiger charge is -2.16. The molecule has 0 radical (unpaired) electrons. The van der Waals surface area contributed by atoms with E-state index in [0.717, 1.165) is 29.9 Å². The predicted molar refractivity (Wildman–Crippen MR) is 68.7 cm³/mol. The van der Waals surface area contributed by atoms with Crippen molar-refractivity contribution in [3.05, 3.63) is 40.7 Å². The molecule has 6 heteroatoms. The number of imide groups is 1. The van der Waals surface area contributed by atoms with Gasteiger partial charge in [0.2, 0.25) is 0 Å². The molecule has 0 saturated heterocycles. The molecule has 3 rings (SSSR count). The molecule has 1 aromatic carbocycles. The molecule has 0 bridgehead atoms. The van der Waals surface area contributed by atoms with Gasteiger partial charge in [0.1, 0.15) is 5.82 Å². The van der Waals surface area contributed by atoms with Crippen molar-refractivity contribution in [1.29, 1.82) is 0 Å². The number of carboxylic acid groups (broad SMARTS) is 1. The number of carbonyl (C=O) groups excluding carboxylic acids is 3. The number of nitrogens with zero attached hydrogens (tertiary/aromatic N) is 1. The molecule has 0 aromatic heterocycles. The molecular weight excluding hydrogens is 277 g/mol. The zero-order valence-electron chi connectivity index (χ0n) is 11.0. The van der Waals surface area contributed by atoms with E-state index < -0.39 is 29.2 Å². The Labute approximate surface area is 119 Å². The van der Waals surface area contributed by atoms with E-state index in [4.69, 9.17) is 0 Å². The second kappa shape index (κ2) is 4.80. The minimum Gasteiger partial charge on any atom is -0.545 e. The van der Waals surface area contributed by atoms with Crippen LogP contribution < -0.4 is 10.0 Å². The Morgan fingerprint density at radius 1 is 1.10 bits per heavy atom. The first-order valence-electron chi connectivity index (χ1n) is 6.62. The lowest BCUT2D eigenvalue weighted by Crippen LogP contribution is -2.32. The van der Waals surface area contributed by atoms with Crippen LogP contribution in [0.25, 0.3) is 0 Å². The molecular formula is C15H11FNO4-. The number of hydrogen-bond donors (Lipinski definition) is 0. The van der Waals surface area contributed by atoms with Gasteiger partial charge in [0.25, 0.3) is 11.8 Å². The lowest BCUT2D eigenvalue weighted by molar-refractivity contribution is -0.255. The first-order valence-corrected chi connectivity index (χ1v) is 6.62. The number of anilines is 1. The van der Waals surface area contributed by atoms with Crippen LogP contribution in [0.4, 0.5) is 10.1 Å². The topological polar surface area (TPSA) is 77.5 Å². The van der Waals surface area contributed by atoms with Crippen LogP contribution in [0.5, 0.6) is 0 Å². The SMILES string of the molecule is O=C([O-])c1ccc(N2C(=O)C3=C(CCCC3)C2=O)cc1F. The number of benzene rings is 1. The van der Waals surface area contributed by atoms with Gasteiger partial charge in [-0.2, -0.15) is 0 Å². The molecule has 1 aromatic rings. The van der Waals surface area contributed by atoms with Crippen molar-refractivity contribution < 1.29 is 23.9 Å². The molecule has 1 heterocycles. The molecule has 108 valence electrons. The molecule has 2 aliphatic rings. The van der Waals surface area contributed by atoms with Crippen molar-refractivity contribution in [3.63, 3.8) is 0 Å². The van der Waals surface area contributed by atoms with E-state index in [0.29, 0.717) is 24.0 Å². The third kappa shape index (κ3) is 2.03. The van der Waals surface area contributed by atoms with Crippen molar-refractivity contribution in [2.45, 2.75) is 25.7 Å². The van der Waals surface area contributed by atoms with Gasteiger partial charge in [-0.3, -0.25) is 9.59 Å². The highest BCUT2D eigenvalue weighted by molar-refractivity contribution is 6.33. The molecule has 0 N–H and O–H groups in total. The summed E-state index contributed by atoms with van der Waals surface area (Å²) in [5.41, 5.74) is 0.434. The third-order valence-corrected chi connectivity index (χ3v) is 3.82. The highest BCUT2D eigenvalue weighted by Crippen LogP contribution is 2.35. The highest BCUT2D eigenvalue weighted by atomic mass is 19.1. The number of hydrogen-bond acceptors (Lipinski definition) is 4. The Bertz CT molecular complexity index is 680. The minimum atomic E-state index is -1.64. The molecule has 1 aliphatic carbocycles. The summed E-state index contributed by atoms with van der Waals surface area (Å²) in [6.07, 6.45) is 2.80. The molecule has 0 fully saturated rings. The van der Waals surface area contributed by atoms with E-state index in [2.05, 4.69) is 0 Å². The smallest absolute Gasteiger partial charge is 0.261 e. The van der Waals surface area contributed by atoms with Crippen molar-refractivity contribution in [2.75, 3.05) is 4.90 Å². The van der Waals surface area contributed by atoms with Gasteiger partial charge >= 0.3 is 0 Å². The standard InChI is InChI=1S/C15H12FNO4/c16-12-7-8(5-6-11(12)15(20)21)17-13(18)9-3-1-2-4-10(9)14(17)19/h5-7H,1-4H2,(H,20,21)/p-1. The summed E-state index contributed by atoms with van der Waals surface area (Å²) in [4.78, 5) is 36.1. The van der Waals surface area contributed by atoms with Crippen LogP contribution in [0.3, 0.4) is 0 Å². The fourth-order valence-electron chi connectivity index (χ4n) is 2.78. The molecule has 21 heavy (non-hydrogen) atoms. The van der Waals surface area contributed by atoms with Crippen LogP contribution in [-0.2, 0) is 9.59 Å². The van der Waals surface area contributed by atoms with Crippen LogP contribution in [0.15, 0.2) is 29.3 Å². The van der Waals surface area contributed by atoms with Crippen molar-refractivity contribution in [3.8, 4) is 0 Å². The van der Waals surface area contributed by atoms with Crippen molar-refractivity contribution >= 4 is 23.5 Å². The average molecular weight is 288 g/mol. The molecule has 1 aliphatic heterocycles. The first kappa shape index (κ1) is 13.5. The Morgan fingerprint density at radius 2 is 1.67 bits per heavy atom. The van der Waals surface area contributed by atoms with Crippen molar-refractivity contribution in [1.82, 2.24) is 0 Å². The van der Waals surface area contributed by atoms with E-state index in [-0.39, 0.29) is 5.69 Å². The maximum atomic E-state index is 13.7. The van der Waals surface area contributed by atoms with E-state index in [1.807, 2.05) is 0 Å². The second-order valence-corrected chi connectivity index (χ2v) is 5.06. The van der Waals surface area contributed by atoms with Crippen molar-refractivity contribution in [2.24, 2.45) is 0 Å². The van der Waals surface area contributed by atoms with E-state index in [1.165, 1.54) is 6.07 Å². The molecule has 0 saturated carbocycles. The summed E-state index contributed by atoms with van der Waals surface area (Å²) in [7, 11) is 0. The minimum absolute atomic E-state index is 0.0434. The van der Waals surface area contributed by atoms with E-state index in [9.17, 15) is 23.9 Å². The third-order valence-electron chi connectivity index (χ3n) is 3.82. The summed E-state index contributed by atoms with van der Waals surface area (Å²) in [6.45, 7) is 0. The van der Waals surface area contributed by atoms with Gasteiger partial charge < -0.3 is 9.90 Å². The summed E-state index contributed by atoms with van der Waals surface area (Å²) < 4.78 is 13.7. The molecule has 0 unspecified atom stereocenters. The largest absolute Gasteiger partial charge is 0.545 e. The highest BCUT2D eigenvalue weighted by Gasteiger charge is 2.39. The monoisotopic (exact) mass is 288 g/mol. The van der Waals surface area contributed by atoms with Gasteiger partial charge in [-0.15, -0.1) is 0 Å². The average Bonchev–Trinajstić information content (AvgIpc) is 2.71. The van der Waals surface area contributed by atoms with Crippen LogP contribution in [-0.4, -0.2) is 17.8 Å². The van der Waals surface area contributed by atoms with Crippen LogP contribution in [0.1, 0.15) is 36.0 Å². The maximum Gasteiger partial charge on any atom is 0.261 e. The molecule has 0 spiro atoms. The number of rotatable bonds is 2. The van der Waals surface area contributed by atoms with Gasteiger partial charge in [-0.25, -0.2) is 9.29 Å². The fourth-order valence-corrected chi connectivity index (χ4v) is 2.78. The van der Waals surface area contributed by atoms with Gasteiger partial charge in [0, 0.05) is 16.7 Å². The zero-order valence-corrected chi connectivity index (χ0v) is 11.0. The zero-order chi connectivity index (χ0) is 15.1. The Balaban J connectivity index is 1.99. The number of carboxylic acids is 1. The lowest BCUT2D eigenvalue weighted by atomic mass is 9.93. The molecule has 0 atom stereocenters. The van der Waals surface area contributed by atoms with Crippen LogP contribution in [0, 0.1) is 5.82 Å². The summed E-state index contributed by atoms with van der Waals surface area (Å²) >= 11 is 0. The number of aromatic carboxylic acids is 1. The second-order valence-electron chi connectivity index (χ2n) is 5.06. The summed E-state index contributed by atoms with van der Waals surface area (Å²) in [5, 5.41) is 10.7. The van der Waals surface area contributed by atoms with Crippen LogP contribution in [0.2, 0.25) is 0 Å². The predicted octanol–water partition coefficient (Wildman–Crippen LogP) is 0.933. The number of amides is 2. The molecule has 2 amide bonds. The van der Waals surface area contributed by atoms with E-state index in [1.54, 1.807) is 0 Å². The Kier molecular flexibility index (Phi) is 3.08. The van der Waals surface area contributed by atoms with Gasteiger partial charge in [0.05, 0.1) is 11.7 Å². The number of carbonyl (C=O) groups is 3. The normalized spacial score (nSPS) is 18.2.